The lowest BCUT2D eigenvalue weighted by molar-refractivity contribution is 0.0682. The normalized spacial score (nSPS) is 10.2. The smallest absolute Gasteiger partial charge is 0.336 e. The van der Waals surface area contributed by atoms with Crippen LogP contribution >= 0.6 is 23.2 Å². The van der Waals surface area contributed by atoms with Gasteiger partial charge in [0.2, 0.25) is 0 Å². The number of terminal acetylenes is 1. The number of carbonyl (C=O) groups excluding carboxylic acids is 1. The molecule has 6 aromatic rings. The Morgan fingerprint density at radius 1 is 0.621 bits per heavy atom. The van der Waals surface area contributed by atoms with E-state index >= 15 is 0 Å². The van der Waals surface area contributed by atoms with Gasteiger partial charge in [-0.25, -0.2) is 9.59 Å². The van der Waals surface area contributed by atoms with Gasteiger partial charge in [0.05, 0.1) is 38.1 Å². The maximum atomic E-state index is 13.0. The molecule has 14 heteroatoms. The van der Waals surface area contributed by atoms with E-state index in [1.165, 1.54) is 24.3 Å². The molecule has 12 nitrogen and oxygen atoms in total. The van der Waals surface area contributed by atoms with Crippen LogP contribution in [0.25, 0.3) is 11.1 Å². The van der Waals surface area contributed by atoms with Crippen molar-refractivity contribution in [2.75, 3.05) is 24.0 Å². The van der Waals surface area contributed by atoms with Crippen LogP contribution < -0.4 is 25.0 Å². The van der Waals surface area contributed by atoms with Crippen molar-refractivity contribution in [2.24, 2.45) is 0 Å². The third-order valence-corrected chi connectivity index (χ3v) is 8.63. The number of hydrogen-bond acceptors (Lipinski definition) is 9. The number of ether oxygens (including phenoxy) is 3. The Hall–Kier alpha value is -7.17. The molecule has 0 spiro atoms. The zero-order valence-electron chi connectivity index (χ0n) is 30.4. The lowest BCUT2D eigenvalue weighted by atomic mass is 10.0. The van der Waals surface area contributed by atoms with Crippen molar-refractivity contribution in [2.45, 2.75) is 6.61 Å². The van der Waals surface area contributed by atoms with Crippen molar-refractivity contribution in [1.82, 2.24) is 0 Å². The zero-order valence-corrected chi connectivity index (χ0v) is 31.9. The monoisotopic (exact) mass is 820 g/mol. The molecule has 1 amide bonds. The van der Waals surface area contributed by atoms with Crippen molar-refractivity contribution in [3.8, 4) is 46.7 Å². The van der Waals surface area contributed by atoms with Crippen molar-refractivity contribution >= 4 is 52.4 Å². The van der Waals surface area contributed by atoms with Crippen LogP contribution in [0.2, 0.25) is 10.0 Å². The van der Waals surface area contributed by atoms with Gasteiger partial charge in [0.15, 0.2) is 0 Å². The minimum atomic E-state index is -1.31. The number of aromatic carboxylic acids is 2. The molecule has 0 aliphatic heterocycles. The maximum absolute atomic E-state index is 13.0. The Bertz CT molecular complexity index is 2420. The third kappa shape index (κ3) is 11.9. The third-order valence-electron chi connectivity index (χ3n) is 8.00. The molecule has 6 rings (SSSR count). The molecule has 0 aliphatic carbocycles. The predicted molar refractivity (Wildman–Crippen MR) is 220 cm³/mol. The number of nitrogens with one attached hydrogen (secondary N) is 2. The summed E-state index contributed by atoms with van der Waals surface area (Å²) in [7, 11) is 0. The van der Waals surface area contributed by atoms with Crippen molar-refractivity contribution in [3.63, 3.8) is 0 Å². The first-order chi connectivity index (χ1) is 28.0. The van der Waals surface area contributed by atoms with Crippen LogP contribution in [0.1, 0.15) is 36.6 Å². The number of amides is 1. The first-order valence-corrected chi connectivity index (χ1v) is 18.0. The summed E-state index contributed by atoms with van der Waals surface area (Å²) in [6.45, 7) is 0.430. The summed E-state index contributed by atoms with van der Waals surface area (Å²) in [5.41, 5.74) is 4.77. The average molecular weight is 822 g/mol. The molecule has 0 fully saturated rings. The van der Waals surface area contributed by atoms with Gasteiger partial charge in [0, 0.05) is 0 Å². The maximum Gasteiger partial charge on any atom is 0.336 e. The van der Waals surface area contributed by atoms with E-state index in [2.05, 4.69) is 10.8 Å². The highest BCUT2D eigenvalue weighted by Crippen LogP contribution is 2.33. The molecule has 6 aromatic carbocycles. The van der Waals surface area contributed by atoms with E-state index in [-0.39, 0.29) is 46.4 Å². The van der Waals surface area contributed by atoms with Crippen LogP contribution in [0.5, 0.6) is 23.0 Å². The lowest BCUT2D eigenvalue weighted by Gasteiger charge is -2.14. The number of benzene rings is 6. The number of aromatic hydroxyl groups is 1. The number of para-hydroxylation sites is 2. The van der Waals surface area contributed by atoms with Gasteiger partial charge in [-0.1, -0.05) is 78.2 Å². The number of phenolic OH excluding ortho intramolecular Hbond substituents is 1. The van der Waals surface area contributed by atoms with E-state index < -0.39 is 17.8 Å². The first kappa shape index (κ1) is 42.0. The molecule has 0 bridgehead atoms. The molecule has 294 valence electrons. The van der Waals surface area contributed by atoms with Gasteiger partial charge < -0.3 is 34.8 Å². The number of anilines is 2. The molecule has 5 N–H and O–H groups in total. The van der Waals surface area contributed by atoms with E-state index in [1.54, 1.807) is 72.8 Å². The molecule has 0 heterocycles. The second kappa shape index (κ2) is 20.7. The van der Waals surface area contributed by atoms with Crippen molar-refractivity contribution in [3.05, 3.63) is 166 Å². The van der Waals surface area contributed by atoms with E-state index in [0.29, 0.717) is 51.3 Å². The van der Waals surface area contributed by atoms with E-state index in [4.69, 9.17) is 53.8 Å². The zero-order chi connectivity index (χ0) is 41.4. The van der Waals surface area contributed by atoms with Crippen LogP contribution in [0.15, 0.2) is 133 Å². The molecule has 0 saturated heterocycles. The van der Waals surface area contributed by atoms with Gasteiger partial charge in [0.1, 0.15) is 48.9 Å². The van der Waals surface area contributed by atoms with Crippen LogP contribution in [0, 0.1) is 12.5 Å². The standard InChI is InChI=1S/C38H28Cl2N2O9.C6H6O/c1-2-48-28-11-13-30(38(46)47)31(21-28)36(43)41-34-14-8-23(19-32(34)39)24-9-15-35(33(40)20-24)42-51-22-25-18-27(10-12-29(25)37(44)45)50-17-16-49-26-6-4-3-5-7-26;7-6-4-2-1-3-5-6/h1,3-15,18-21,42H,16-17,22H2,(H,41,43)(H,44,45)(H,46,47);1-5,7H. The Balaban J connectivity index is 0.000000826. The Morgan fingerprint density at radius 2 is 1.19 bits per heavy atom. The van der Waals surface area contributed by atoms with Crippen molar-refractivity contribution < 1.29 is 48.8 Å². The summed E-state index contributed by atoms with van der Waals surface area (Å²) in [6, 6.07) is 36.4. The van der Waals surface area contributed by atoms with Gasteiger partial charge in [-0.2, -0.15) is 0 Å². The largest absolute Gasteiger partial charge is 0.508 e. The molecular formula is C44H34Cl2N2O10. The second-order valence-electron chi connectivity index (χ2n) is 11.9. The van der Waals surface area contributed by atoms with Crippen LogP contribution in [-0.4, -0.2) is 46.4 Å². The quantitative estimate of drug-likeness (QED) is 0.0379. The van der Waals surface area contributed by atoms with Gasteiger partial charge in [0.25, 0.3) is 5.91 Å². The average Bonchev–Trinajstić information content (AvgIpc) is 3.21. The molecule has 0 atom stereocenters. The highest BCUT2D eigenvalue weighted by molar-refractivity contribution is 6.34. The summed E-state index contributed by atoms with van der Waals surface area (Å²) < 4.78 is 16.3. The number of carbonyl (C=O) groups is 3. The summed E-state index contributed by atoms with van der Waals surface area (Å²) >= 11 is 13.0. The van der Waals surface area contributed by atoms with Crippen molar-refractivity contribution in [1.29, 1.82) is 0 Å². The fourth-order valence-electron chi connectivity index (χ4n) is 5.24. The van der Waals surface area contributed by atoms with Gasteiger partial charge in [-0.3, -0.25) is 15.1 Å². The van der Waals surface area contributed by atoms with Crippen LogP contribution in [-0.2, 0) is 11.4 Å². The van der Waals surface area contributed by atoms with Crippen LogP contribution in [0.4, 0.5) is 11.4 Å². The van der Waals surface area contributed by atoms with Gasteiger partial charge in [-0.05, 0) is 102 Å². The van der Waals surface area contributed by atoms with Gasteiger partial charge >= 0.3 is 11.9 Å². The Labute approximate surface area is 343 Å². The highest BCUT2D eigenvalue weighted by Gasteiger charge is 2.19. The fourth-order valence-corrected chi connectivity index (χ4v) is 5.68. The molecular weight excluding hydrogens is 787 g/mol. The predicted octanol–water partition coefficient (Wildman–Crippen LogP) is 9.67. The number of phenols is 1. The number of carboxylic acid groups (broad SMARTS) is 2. The summed E-state index contributed by atoms with van der Waals surface area (Å²) in [4.78, 5) is 42.1. The summed E-state index contributed by atoms with van der Waals surface area (Å²) in [5, 5.41) is 30.9. The van der Waals surface area contributed by atoms with E-state index in [1.807, 2.05) is 42.5 Å². The first-order valence-electron chi connectivity index (χ1n) is 17.2. The summed E-state index contributed by atoms with van der Waals surface area (Å²) in [6.07, 6.45) is 7.12. The fraction of sp³-hybridized carbons (Fsp3) is 0.0682. The molecule has 58 heavy (non-hydrogen) atoms. The highest BCUT2D eigenvalue weighted by atomic mass is 35.5. The molecule has 0 radical (unpaired) electrons. The van der Waals surface area contributed by atoms with Crippen LogP contribution in [0.3, 0.4) is 0 Å². The second-order valence-corrected chi connectivity index (χ2v) is 12.8. The summed E-state index contributed by atoms with van der Waals surface area (Å²) in [5.74, 6) is -1.54. The number of rotatable bonds is 15. The van der Waals surface area contributed by atoms with Gasteiger partial charge in [-0.15, -0.1) is 0 Å². The molecule has 0 aliphatic rings. The minimum absolute atomic E-state index is 0.0522. The number of hydrogen-bond donors (Lipinski definition) is 5. The molecule has 0 saturated carbocycles. The lowest BCUT2D eigenvalue weighted by Crippen LogP contribution is -2.16. The SMILES string of the molecule is C#COc1ccc(C(=O)O)c(C(=O)Nc2ccc(-c3ccc(NOCc4cc(OCCOc5ccccc5)ccc4C(=O)O)c(Cl)c3)cc2Cl)c1.Oc1ccccc1. The Morgan fingerprint density at radius 3 is 1.76 bits per heavy atom. The Kier molecular flexibility index (Phi) is 15.0. The molecule has 0 unspecified atom stereocenters. The topological polar surface area (TPSA) is 173 Å². The van der Waals surface area contributed by atoms with E-state index in [0.717, 1.165) is 0 Å². The number of carboxylic acids is 2. The molecule has 0 aromatic heterocycles. The van der Waals surface area contributed by atoms with E-state index in [9.17, 15) is 24.6 Å². The minimum Gasteiger partial charge on any atom is -0.508 e. The number of halogens is 2.